The van der Waals surface area contributed by atoms with E-state index in [9.17, 15) is 29.1 Å². The molecule has 0 bridgehead atoms. The molecule has 1 aromatic rings. The van der Waals surface area contributed by atoms with E-state index < -0.39 is 53.8 Å². The highest BCUT2D eigenvalue weighted by Crippen LogP contribution is 2.11. The maximum Gasteiger partial charge on any atom is 0.326 e. The minimum atomic E-state index is -1.25. The molecule has 0 spiro atoms. The molecule has 14 heteroatoms. The van der Waals surface area contributed by atoms with Crippen LogP contribution in [-0.2, 0) is 30.4 Å². The molecule has 0 aliphatic rings. The fraction of sp³-hybridized carbons (Fsp3) is 0.538. The molecule has 40 heavy (non-hydrogen) atoms. The van der Waals surface area contributed by atoms with Gasteiger partial charge in [-0.1, -0.05) is 50.6 Å². The molecule has 1 aromatic carbocycles. The Morgan fingerprint density at radius 3 is 2.08 bits per heavy atom. The van der Waals surface area contributed by atoms with Crippen LogP contribution in [0, 0.1) is 5.92 Å². The van der Waals surface area contributed by atoms with Gasteiger partial charge in [-0.2, -0.15) is 0 Å². The van der Waals surface area contributed by atoms with Gasteiger partial charge in [-0.05, 0) is 30.7 Å². The summed E-state index contributed by atoms with van der Waals surface area (Å²) in [6.07, 6.45) is 0.848. The van der Waals surface area contributed by atoms with Crippen molar-refractivity contribution < 1.29 is 29.1 Å². The minimum absolute atomic E-state index is 0.00874. The van der Waals surface area contributed by atoms with Crippen molar-refractivity contribution in [1.29, 1.82) is 0 Å². The number of nitrogens with two attached hydrogens (primary N) is 4. The Morgan fingerprint density at radius 1 is 0.900 bits per heavy atom. The average molecular weight is 563 g/mol. The van der Waals surface area contributed by atoms with Gasteiger partial charge in [-0.3, -0.25) is 24.2 Å². The summed E-state index contributed by atoms with van der Waals surface area (Å²) >= 11 is 0. The number of carboxylic acid groups (broad SMARTS) is 1. The number of aliphatic imine (C=N–C) groups is 1. The van der Waals surface area contributed by atoms with Crippen LogP contribution < -0.4 is 38.9 Å². The Morgan fingerprint density at radius 2 is 1.52 bits per heavy atom. The van der Waals surface area contributed by atoms with Crippen LogP contribution in [0.5, 0.6) is 0 Å². The first-order valence-corrected chi connectivity index (χ1v) is 13.1. The number of nitrogens with one attached hydrogen (secondary N) is 3. The molecule has 5 atom stereocenters. The maximum absolute atomic E-state index is 13.4. The van der Waals surface area contributed by atoms with E-state index in [4.69, 9.17) is 22.9 Å². The zero-order chi connectivity index (χ0) is 30.2. The lowest BCUT2D eigenvalue weighted by atomic mass is 9.96. The number of hydrogen-bond acceptors (Lipinski definition) is 7. The van der Waals surface area contributed by atoms with Crippen LogP contribution in [0.4, 0.5) is 0 Å². The van der Waals surface area contributed by atoms with E-state index in [-0.39, 0.29) is 44.1 Å². The van der Waals surface area contributed by atoms with Crippen molar-refractivity contribution in [1.82, 2.24) is 16.0 Å². The number of primary amides is 1. The van der Waals surface area contributed by atoms with Crippen molar-refractivity contribution in [3.63, 3.8) is 0 Å². The second-order valence-electron chi connectivity index (χ2n) is 9.58. The Labute approximate surface area is 233 Å². The summed E-state index contributed by atoms with van der Waals surface area (Å²) in [5.41, 5.74) is 22.3. The first-order valence-electron chi connectivity index (χ1n) is 13.1. The molecule has 14 nitrogen and oxygen atoms in total. The standard InChI is InChI=1S/C26H42N8O6/c1-3-15(2)21(34-22(36)17(27)11-12-20(28)35)24(38)33-19(14-16-8-5-4-6-9-16)23(37)32-18(25(39)40)10-7-13-31-26(29)30/h4-6,8-9,15,17-19,21H,3,7,10-14,27H2,1-2H3,(H2,28,35)(H,32,37)(H,33,38)(H,34,36)(H,39,40)(H4,29,30,31). The van der Waals surface area contributed by atoms with Gasteiger partial charge in [0.15, 0.2) is 5.96 Å². The number of aliphatic carboxylic acids is 1. The summed E-state index contributed by atoms with van der Waals surface area (Å²) in [5.74, 6) is -4.31. The quantitative estimate of drug-likeness (QED) is 0.0585. The number of carbonyl (C=O) groups is 5. The number of hydrogen-bond donors (Lipinski definition) is 8. The number of guanidine groups is 1. The van der Waals surface area contributed by atoms with E-state index in [1.54, 1.807) is 37.3 Å². The van der Waals surface area contributed by atoms with E-state index >= 15 is 0 Å². The summed E-state index contributed by atoms with van der Waals surface area (Å²) in [7, 11) is 0. The third kappa shape index (κ3) is 12.6. The summed E-state index contributed by atoms with van der Waals surface area (Å²) in [4.78, 5) is 66.0. The molecule has 5 unspecified atom stereocenters. The minimum Gasteiger partial charge on any atom is -0.480 e. The summed E-state index contributed by atoms with van der Waals surface area (Å²) < 4.78 is 0. The second-order valence-corrected chi connectivity index (χ2v) is 9.58. The first-order chi connectivity index (χ1) is 18.8. The highest BCUT2D eigenvalue weighted by Gasteiger charge is 2.32. The van der Waals surface area contributed by atoms with Crippen LogP contribution >= 0.6 is 0 Å². The molecule has 222 valence electrons. The molecular weight excluding hydrogens is 520 g/mol. The van der Waals surface area contributed by atoms with Gasteiger partial charge in [0.25, 0.3) is 0 Å². The van der Waals surface area contributed by atoms with Crippen LogP contribution in [0.25, 0.3) is 0 Å². The lowest BCUT2D eigenvalue weighted by Gasteiger charge is -2.28. The zero-order valence-corrected chi connectivity index (χ0v) is 23.0. The van der Waals surface area contributed by atoms with E-state index in [2.05, 4.69) is 20.9 Å². The number of nitrogens with zero attached hydrogens (tertiary/aromatic N) is 1. The van der Waals surface area contributed by atoms with Crippen LogP contribution in [0.15, 0.2) is 35.3 Å². The molecule has 1 rings (SSSR count). The van der Waals surface area contributed by atoms with Gasteiger partial charge >= 0.3 is 5.97 Å². The van der Waals surface area contributed by atoms with Gasteiger partial charge in [0.2, 0.25) is 23.6 Å². The predicted molar refractivity (Wildman–Crippen MR) is 149 cm³/mol. The van der Waals surface area contributed by atoms with Crippen molar-refractivity contribution >= 4 is 35.6 Å². The van der Waals surface area contributed by atoms with E-state index in [0.29, 0.717) is 12.8 Å². The SMILES string of the molecule is CCC(C)C(NC(=O)C(N)CCC(N)=O)C(=O)NC(Cc1ccccc1)C(=O)NC(CCCN=C(N)N)C(=O)O. The monoisotopic (exact) mass is 562 g/mol. The molecule has 4 amide bonds. The highest BCUT2D eigenvalue weighted by molar-refractivity contribution is 5.94. The molecule has 0 aromatic heterocycles. The van der Waals surface area contributed by atoms with Crippen LogP contribution in [-0.4, -0.2) is 71.4 Å². The molecule has 0 fully saturated rings. The third-order valence-corrected chi connectivity index (χ3v) is 6.31. The van der Waals surface area contributed by atoms with E-state index in [1.807, 2.05) is 6.92 Å². The summed E-state index contributed by atoms with van der Waals surface area (Å²) in [6, 6.07) is 4.36. The third-order valence-electron chi connectivity index (χ3n) is 6.31. The van der Waals surface area contributed by atoms with Crippen molar-refractivity contribution in [2.24, 2.45) is 33.8 Å². The van der Waals surface area contributed by atoms with Gasteiger partial charge in [0.1, 0.15) is 18.1 Å². The number of carboxylic acids is 1. The van der Waals surface area contributed by atoms with Gasteiger partial charge in [0, 0.05) is 19.4 Å². The smallest absolute Gasteiger partial charge is 0.326 e. The molecule has 12 N–H and O–H groups in total. The van der Waals surface area contributed by atoms with E-state index in [0.717, 1.165) is 5.56 Å². The van der Waals surface area contributed by atoms with Crippen molar-refractivity contribution in [3.8, 4) is 0 Å². The van der Waals surface area contributed by atoms with Gasteiger partial charge in [-0.15, -0.1) is 0 Å². The Balaban J connectivity index is 3.10. The first kappa shape index (κ1) is 33.8. The van der Waals surface area contributed by atoms with Gasteiger partial charge in [0.05, 0.1) is 6.04 Å². The Kier molecular flexibility index (Phi) is 14.7. The average Bonchev–Trinajstić information content (AvgIpc) is 2.90. The fourth-order valence-electron chi connectivity index (χ4n) is 3.74. The van der Waals surface area contributed by atoms with Crippen molar-refractivity contribution in [2.45, 2.75) is 76.5 Å². The predicted octanol–water partition coefficient (Wildman–Crippen LogP) is -1.54. The number of rotatable bonds is 18. The maximum atomic E-state index is 13.4. The Bertz CT molecular complexity index is 1030. The zero-order valence-electron chi connectivity index (χ0n) is 23.0. The number of benzene rings is 1. The summed E-state index contributed by atoms with van der Waals surface area (Å²) in [6.45, 7) is 3.77. The topological polar surface area (TPSA) is 258 Å². The molecule has 0 saturated heterocycles. The molecule has 0 aliphatic carbocycles. The lowest BCUT2D eigenvalue weighted by Crippen LogP contribution is -2.59. The van der Waals surface area contributed by atoms with Crippen molar-refractivity contribution in [3.05, 3.63) is 35.9 Å². The van der Waals surface area contributed by atoms with Gasteiger partial charge < -0.3 is 44.0 Å². The number of carbonyl (C=O) groups excluding carboxylic acids is 4. The molecule has 0 aliphatic heterocycles. The molecular formula is C26H42N8O6. The molecule has 0 radical (unpaired) electrons. The van der Waals surface area contributed by atoms with Crippen molar-refractivity contribution in [2.75, 3.05) is 6.54 Å². The Hall–Kier alpha value is -4.20. The second kappa shape index (κ2) is 17.4. The van der Waals surface area contributed by atoms with Gasteiger partial charge in [-0.25, -0.2) is 4.79 Å². The number of amides is 4. The highest BCUT2D eigenvalue weighted by atomic mass is 16.4. The lowest BCUT2D eigenvalue weighted by molar-refractivity contribution is -0.142. The normalized spacial score (nSPS) is 14.5. The van der Waals surface area contributed by atoms with Crippen LogP contribution in [0.2, 0.25) is 0 Å². The van der Waals surface area contributed by atoms with E-state index in [1.165, 1.54) is 0 Å². The summed E-state index contributed by atoms with van der Waals surface area (Å²) in [5, 5.41) is 17.4. The van der Waals surface area contributed by atoms with Crippen LogP contribution in [0.1, 0.15) is 51.5 Å². The van der Waals surface area contributed by atoms with Crippen LogP contribution in [0.3, 0.4) is 0 Å². The fourth-order valence-corrected chi connectivity index (χ4v) is 3.74. The molecule has 0 heterocycles. The molecule has 0 saturated carbocycles. The largest absolute Gasteiger partial charge is 0.480 e.